The average Bonchev–Trinajstić information content (AvgIpc) is 2.88. The van der Waals surface area contributed by atoms with Gasteiger partial charge in [0.1, 0.15) is 17.1 Å². The number of likely N-dealkylation sites (tertiary alicyclic amines) is 1. The molecular weight excluding hydrogens is 333 g/mol. The van der Waals surface area contributed by atoms with Gasteiger partial charge in [-0.3, -0.25) is 9.59 Å². The smallest absolute Gasteiger partial charge is 0.261 e. The van der Waals surface area contributed by atoms with Crippen molar-refractivity contribution in [1.29, 1.82) is 0 Å². The van der Waals surface area contributed by atoms with Gasteiger partial charge in [-0.05, 0) is 30.0 Å². The molecule has 0 saturated carbocycles. The quantitative estimate of drug-likeness (QED) is 0.396. The lowest BCUT2D eigenvalue weighted by molar-refractivity contribution is -0.123. The average molecular weight is 351 g/mol. The largest absolute Gasteiger partial charge is 0.507 e. The Morgan fingerprint density at radius 3 is 2.46 bits per heavy atom. The monoisotopic (exact) mass is 351 g/mol. The number of rotatable bonds is 3. The number of carbonyl (C=O) groups excluding carboxylic acids is 2. The zero-order chi connectivity index (χ0) is 18.8. The molecule has 1 saturated heterocycles. The zero-order valence-corrected chi connectivity index (χ0v) is 14.5. The van der Waals surface area contributed by atoms with Crippen molar-refractivity contribution in [2.75, 3.05) is 13.6 Å². The fourth-order valence-corrected chi connectivity index (χ4v) is 2.93. The van der Waals surface area contributed by atoms with E-state index < -0.39 is 11.7 Å². The van der Waals surface area contributed by atoms with Gasteiger partial charge in [-0.1, -0.05) is 48.1 Å². The number of carbonyl (C=O) groups is 2. The molecule has 1 N–H and O–H groups in total. The third-order valence-corrected chi connectivity index (χ3v) is 4.27. The van der Waals surface area contributed by atoms with Crippen LogP contribution in [0.1, 0.15) is 12.5 Å². The van der Waals surface area contributed by atoms with E-state index in [-0.39, 0.29) is 23.7 Å². The molecule has 1 heterocycles. The van der Waals surface area contributed by atoms with Gasteiger partial charge in [-0.2, -0.15) is 0 Å². The molecule has 3 rings (SSSR count). The van der Waals surface area contributed by atoms with E-state index in [4.69, 9.17) is 0 Å². The minimum absolute atomic E-state index is 0.0253. The number of hydrogen-bond donors (Lipinski definition) is 1. The van der Waals surface area contributed by atoms with Gasteiger partial charge >= 0.3 is 0 Å². The lowest BCUT2D eigenvalue weighted by Crippen LogP contribution is -2.19. The molecule has 0 bridgehead atoms. The molecular formula is C21H18FNO3. The highest BCUT2D eigenvalue weighted by Crippen LogP contribution is 2.24. The number of ketones is 1. The molecule has 1 aliphatic heterocycles. The summed E-state index contributed by atoms with van der Waals surface area (Å²) in [4.78, 5) is 24.9. The fourth-order valence-electron chi connectivity index (χ4n) is 2.93. The van der Waals surface area contributed by atoms with Crippen LogP contribution in [0.3, 0.4) is 0 Å². The van der Waals surface area contributed by atoms with E-state index >= 15 is 0 Å². The molecule has 5 heteroatoms. The topological polar surface area (TPSA) is 57.6 Å². The van der Waals surface area contributed by atoms with Crippen molar-refractivity contribution in [3.63, 3.8) is 0 Å². The third kappa shape index (κ3) is 3.28. The number of likely N-dealkylation sites (N-methyl/N-ethyl adjacent to an activating group) is 1. The number of allylic oxidation sites excluding steroid dienone is 3. The normalized spacial score (nSPS) is 17.7. The molecule has 0 aliphatic carbocycles. The molecule has 1 aliphatic rings. The van der Waals surface area contributed by atoms with Gasteiger partial charge < -0.3 is 10.0 Å². The summed E-state index contributed by atoms with van der Waals surface area (Å²) in [5.41, 5.74) is 1.42. The van der Waals surface area contributed by atoms with Crippen molar-refractivity contribution in [2.45, 2.75) is 6.92 Å². The second-order valence-electron chi connectivity index (χ2n) is 6.25. The number of hydrogen-bond acceptors (Lipinski definition) is 3. The van der Waals surface area contributed by atoms with E-state index in [1.165, 1.54) is 24.1 Å². The number of fused-ring (bicyclic) bond motifs is 1. The van der Waals surface area contributed by atoms with Crippen molar-refractivity contribution >= 4 is 28.5 Å². The third-order valence-electron chi connectivity index (χ3n) is 4.27. The SMILES string of the molecule is CC(/C=C/C(O)=C1\C(=O)CN(C)C1=O)=C\c1ccc(F)c2ccccc12. The van der Waals surface area contributed by atoms with Crippen LogP contribution in [0.15, 0.2) is 65.5 Å². The summed E-state index contributed by atoms with van der Waals surface area (Å²) in [6.07, 6.45) is 4.79. The number of amides is 1. The second-order valence-corrected chi connectivity index (χ2v) is 6.25. The van der Waals surface area contributed by atoms with Crippen LogP contribution in [0.2, 0.25) is 0 Å². The lowest BCUT2D eigenvalue weighted by atomic mass is 10.0. The van der Waals surface area contributed by atoms with Gasteiger partial charge in [0.05, 0.1) is 6.54 Å². The van der Waals surface area contributed by atoms with Crippen LogP contribution in [0.4, 0.5) is 4.39 Å². The molecule has 132 valence electrons. The number of aliphatic hydroxyl groups is 1. The predicted molar refractivity (Wildman–Crippen MR) is 99.0 cm³/mol. The molecule has 4 nitrogen and oxygen atoms in total. The number of benzene rings is 2. The van der Waals surface area contributed by atoms with E-state index in [9.17, 15) is 19.1 Å². The summed E-state index contributed by atoms with van der Waals surface area (Å²) in [7, 11) is 1.51. The highest BCUT2D eigenvalue weighted by molar-refractivity contribution is 6.25. The maximum atomic E-state index is 13.9. The van der Waals surface area contributed by atoms with Gasteiger partial charge in [0.15, 0.2) is 5.78 Å². The van der Waals surface area contributed by atoms with Crippen LogP contribution in [0.5, 0.6) is 0 Å². The Hall–Kier alpha value is -3.21. The Labute approximate surface area is 150 Å². The van der Waals surface area contributed by atoms with Crippen LogP contribution in [0.25, 0.3) is 16.8 Å². The Balaban J connectivity index is 1.92. The van der Waals surface area contributed by atoms with E-state index in [2.05, 4.69) is 0 Å². The molecule has 1 amide bonds. The van der Waals surface area contributed by atoms with Crippen molar-refractivity contribution in [2.24, 2.45) is 0 Å². The van der Waals surface area contributed by atoms with E-state index in [0.717, 1.165) is 16.5 Å². The molecule has 0 atom stereocenters. The molecule has 26 heavy (non-hydrogen) atoms. The van der Waals surface area contributed by atoms with Crippen molar-refractivity contribution in [1.82, 2.24) is 4.90 Å². The van der Waals surface area contributed by atoms with E-state index in [1.807, 2.05) is 25.1 Å². The lowest BCUT2D eigenvalue weighted by Gasteiger charge is -2.05. The van der Waals surface area contributed by atoms with Gasteiger partial charge in [-0.25, -0.2) is 4.39 Å². The first-order chi connectivity index (χ1) is 12.4. The predicted octanol–water partition coefficient (Wildman–Crippen LogP) is 3.79. The standard InChI is InChI=1S/C21H18FNO3/c1-13(7-10-18(24)20-19(25)12-23(2)21(20)26)11-14-8-9-17(22)16-6-4-3-5-15(14)16/h3-11,24H,12H2,1-2H3/b10-7+,13-11+,20-18-. The summed E-state index contributed by atoms with van der Waals surface area (Å²) in [6, 6.07) is 10.3. The zero-order valence-electron chi connectivity index (χ0n) is 14.5. The molecule has 0 spiro atoms. The van der Waals surface area contributed by atoms with E-state index in [1.54, 1.807) is 24.3 Å². The summed E-state index contributed by atoms with van der Waals surface area (Å²) >= 11 is 0. The number of aliphatic hydroxyl groups excluding tert-OH is 1. The Bertz CT molecular complexity index is 1000. The van der Waals surface area contributed by atoms with Crippen molar-refractivity contribution < 1.29 is 19.1 Å². The second kappa shape index (κ2) is 6.96. The molecule has 0 radical (unpaired) electrons. The highest BCUT2D eigenvalue weighted by Gasteiger charge is 2.33. The van der Waals surface area contributed by atoms with Crippen LogP contribution in [-0.2, 0) is 9.59 Å². The van der Waals surface area contributed by atoms with Crippen molar-refractivity contribution in [3.05, 3.63) is 76.8 Å². The van der Waals surface area contributed by atoms with Gasteiger partial charge in [-0.15, -0.1) is 0 Å². The van der Waals surface area contributed by atoms with Gasteiger partial charge in [0, 0.05) is 12.4 Å². The minimum atomic E-state index is -0.483. The van der Waals surface area contributed by atoms with Gasteiger partial charge in [0.2, 0.25) is 0 Å². The maximum Gasteiger partial charge on any atom is 0.261 e. The molecule has 2 aromatic rings. The van der Waals surface area contributed by atoms with Crippen LogP contribution in [-0.4, -0.2) is 35.3 Å². The first-order valence-corrected chi connectivity index (χ1v) is 8.14. The minimum Gasteiger partial charge on any atom is -0.507 e. The summed E-state index contributed by atoms with van der Waals surface area (Å²) in [5, 5.41) is 11.4. The summed E-state index contributed by atoms with van der Waals surface area (Å²) < 4.78 is 13.9. The Morgan fingerprint density at radius 1 is 1.12 bits per heavy atom. The summed E-state index contributed by atoms with van der Waals surface area (Å²) in [5.74, 6) is -1.51. The molecule has 2 aromatic carbocycles. The van der Waals surface area contributed by atoms with Crippen LogP contribution < -0.4 is 0 Å². The number of Topliss-reactive ketones (excluding diaryl/α,β-unsaturated/α-hetero) is 1. The number of halogens is 1. The fraction of sp³-hybridized carbons (Fsp3) is 0.143. The van der Waals surface area contributed by atoms with Gasteiger partial charge in [0.25, 0.3) is 5.91 Å². The molecule has 1 fully saturated rings. The van der Waals surface area contributed by atoms with E-state index in [0.29, 0.717) is 5.39 Å². The Kier molecular flexibility index (Phi) is 4.71. The maximum absolute atomic E-state index is 13.9. The first-order valence-electron chi connectivity index (χ1n) is 8.14. The van der Waals surface area contributed by atoms with Crippen molar-refractivity contribution in [3.8, 4) is 0 Å². The molecule has 0 unspecified atom stereocenters. The summed E-state index contributed by atoms with van der Waals surface area (Å²) in [6.45, 7) is 1.79. The first kappa shape index (κ1) is 17.6. The highest BCUT2D eigenvalue weighted by atomic mass is 19.1. The Morgan fingerprint density at radius 2 is 1.81 bits per heavy atom. The number of nitrogens with zero attached hydrogens (tertiary/aromatic N) is 1. The van der Waals surface area contributed by atoms with Crippen LogP contribution >= 0.6 is 0 Å². The van der Waals surface area contributed by atoms with Crippen LogP contribution in [0, 0.1) is 5.82 Å². The molecule has 0 aromatic heterocycles.